The minimum absolute atomic E-state index is 0.116. The number of nitrogens with zero attached hydrogens (tertiary/aromatic N) is 1. The molecule has 0 aromatic heterocycles. The number of sulfonamides is 1. The van der Waals surface area contributed by atoms with Gasteiger partial charge in [-0.2, -0.15) is 12.6 Å². The third-order valence-corrected chi connectivity index (χ3v) is 4.84. The van der Waals surface area contributed by atoms with Gasteiger partial charge in [-0.05, 0) is 42.0 Å². The summed E-state index contributed by atoms with van der Waals surface area (Å²) in [6.07, 6.45) is 1.60. The van der Waals surface area contributed by atoms with E-state index < -0.39 is 10.0 Å². The lowest BCUT2D eigenvalue weighted by molar-refractivity contribution is -0.128. The first-order chi connectivity index (χ1) is 12.3. The molecular formula is C18H20N2O4S2. The second-order valence-corrected chi connectivity index (χ2v) is 8.76. The molecule has 1 unspecified atom stereocenters. The Morgan fingerprint density at radius 2 is 1.69 bits per heavy atom. The molecule has 1 heterocycles. The molecular weight excluding hydrogens is 372 g/mol. The van der Waals surface area contributed by atoms with Crippen LogP contribution in [0.1, 0.15) is 12.0 Å². The Morgan fingerprint density at radius 3 is 2.19 bits per heavy atom. The SMILES string of the molecule is CS(=O)(=O)Nc1ccc(Oc2ccc(CN3CC(S)CC3=O)cc2)cc1. The van der Waals surface area contributed by atoms with E-state index in [-0.39, 0.29) is 11.2 Å². The Bertz CT molecular complexity index is 880. The van der Waals surface area contributed by atoms with E-state index in [4.69, 9.17) is 4.74 Å². The van der Waals surface area contributed by atoms with Crippen LogP contribution >= 0.6 is 12.6 Å². The van der Waals surface area contributed by atoms with Gasteiger partial charge in [0.1, 0.15) is 11.5 Å². The number of anilines is 1. The average molecular weight is 393 g/mol. The standard InChI is InChI=1S/C18H20N2O4S2/c1-26(22,23)19-14-4-8-16(9-5-14)24-15-6-2-13(3-7-15)11-20-12-17(25)10-18(20)21/h2-9,17,19,25H,10-12H2,1H3. The highest BCUT2D eigenvalue weighted by atomic mass is 32.2. The number of nitrogens with one attached hydrogen (secondary N) is 1. The molecule has 0 bridgehead atoms. The fraction of sp³-hybridized carbons (Fsp3) is 0.278. The normalized spacial score (nSPS) is 17.4. The van der Waals surface area contributed by atoms with Crippen LogP contribution in [0.15, 0.2) is 48.5 Å². The van der Waals surface area contributed by atoms with Crippen molar-refractivity contribution in [2.75, 3.05) is 17.5 Å². The molecule has 1 aliphatic rings. The quantitative estimate of drug-likeness (QED) is 0.741. The number of carbonyl (C=O) groups is 1. The Kier molecular flexibility index (Phi) is 5.43. The summed E-state index contributed by atoms with van der Waals surface area (Å²) in [5, 5.41) is 0.116. The van der Waals surface area contributed by atoms with E-state index in [1.807, 2.05) is 24.3 Å². The van der Waals surface area contributed by atoms with Crippen molar-refractivity contribution in [2.45, 2.75) is 18.2 Å². The number of benzene rings is 2. The summed E-state index contributed by atoms with van der Waals surface area (Å²) in [5.74, 6) is 1.40. The van der Waals surface area contributed by atoms with E-state index in [1.165, 1.54) is 0 Å². The van der Waals surface area contributed by atoms with Crippen LogP contribution in [0.3, 0.4) is 0 Å². The van der Waals surface area contributed by atoms with E-state index in [2.05, 4.69) is 17.4 Å². The van der Waals surface area contributed by atoms with Crippen molar-refractivity contribution in [2.24, 2.45) is 0 Å². The zero-order valence-electron chi connectivity index (χ0n) is 14.3. The van der Waals surface area contributed by atoms with E-state index >= 15 is 0 Å². The Labute approximate surface area is 158 Å². The van der Waals surface area contributed by atoms with Gasteiger partial charge in [-0.3, -0.25) is 9.52 Å². The molecule has 6 nitrogen and oxygen atoms in total. The smallest absolute Gasteiger partial charge is 0.229 e. The van der Waals surface area contributed by atoms with E-state index in [9.17, 15) is 13.2 Å². The van der Waals surface area contributed by atoms with Gasteiger partial charge in [-0.25, -0.2) is 8.42 Å². The van der Waals surface area contributed by atoms with Crippen LogP contribution < -0.4 is 9.46 Å². The topological polar surface area (TPSA) is 75.7 Å². The molecule has 0 saturated carbocycles. The monoisotopic (exact) mass is 392 g/mol. The number of thiol groups is 1. The third kappa shape index (κ3) is 5.15. The highest BCUT2D eigenvalue weighted by molar-refractivity contribution is 7.92. The summed E-state index contributed by atoms with van der Waals surface area (Å²) >= 11 is 4.36. The van der Waals surface area contributed by atoms with Crippen LogP contribution in [0.5, 0.6) is 11.5 Å². The maximum absolute atomic E-state index is 11.8. The summed E-state index contributed by atoms with van der Waals surface area (Å²) in [4.78, 5) is 13.6. The van der Waals surface area contributed by atoms with Crippen LogP contribution in [0, 0.1) is 0 Å². The number of rotatable bonds is 6. The van der Waals surface area contributed by atoms with E-state index in [1.54, 1.807) is 29.2 Å². The first kappa shape index (κ1) is 18.6. The first-order valence-electron chi connectivity index (χ1n) is 8.09. The zero-order valence-corrected chi connectivity index (χ0v) is 16.0. The fourth-order valence-electron chi connectivity index (χ4n) is 2.73. The minimum Gasteiger partial charge on any atom is -0.457 e. The van der Waals surface area contributed by atoms with Crippen LogP contribution in [0.4, 0.5) is 5.69 Å². The number of carbonyl (C=O) groups excluding carboxylic acids is 1. The van der Waals surface area contributed by atoms with Gasteiger partial charge in [-0.1, -0.05) is 12.1 Å². The lowest BCUT2D eigenvalue weighted by Crippen LogP contribution is -2.24. The molecule has 1 atom stereocenters. The summed E-state index contributed by atoms with van der Waals surface area (Å²) in [5.41, 5.74) is 1.51. The van der Waals surface area contributed by atoms with E-state index in [0.717, 1.165) is 11.8 Å². The molecule has 0 aliphatic carbocycles. The molecule has 138 valence electrons. The fourth-order valence-corrected chi connectivity index (χ4v) is 3.65. The van der Waals surface area contributed by atoms with Crippen molar-refractivity contribution in [3.8, 4) is 11.5 Å². The van der Waals surface area contributed by atoms with Gasteiger partial charge in [0.25, 0.3) is 0 Å². The lowest BCUT2D eigenvalue weighted by atomic mass is 10.2. The summed E-state index contributed by atoms with van der Waals surface area (Å²) in [7, 11) is -3.29. The molecule has 0 radical (unpaired) electrons. The maximum atomic E-state index is 11.8. The largest absolute Gasteiger partial charge is 0.457 e. The van der Waals surface area contributed by atoms with Crippen molar-refractivity contribution in [3.63, 3.8) is 0 Å². The number of likely N-dealkylation sites (tertiary alicyclic amines) is 1. The van der Waals surface area contributed by atoms with Crippen molar-refractivity contribution in [1.82, 2.24) is 4.90 Å². The molecule has 1 fully saturated rings. The van der Waals surface area contributed by atoms with Gasteiger partial charge < -0.3 is 9.64 Å². The van der Waals surface area contributed by atoms with Crippen molar-refractivity contribution >= 4 is 34.2 Å². The molecule has 1 N–H and O–H groups in total. The van der Waals surface area contributed by atoms with E-state index in [0.29, 0.717) is 36.7 Å². The Morgan fingerprint density at radius 1 is 1.12 bits per heavy atom. The first-order valence-corrected chi connectivity index (χ1v) is 10.5. The average Bonchev–Trinajstić information content (AvgIpc) is 2.87. The summed E-state index contributed by atoms with van der Waals surface area (Å²) in [6, 6.07) is 14.2. The van der Waals surface area contributed by atoms with Crippen LogP contribution in [0.2, 0.25) is 0 Å². The Balaban J connectivity index is 1.60. The minimum atomic E-state index is -3.29. The van der Waals surface area contributed by atoms with Gasteiger partial charge in [0.15, 0.2) is 0 Å². The molecule has 1 aliphatic heterocycles. The predicted octanol–water partition coefficient (Wildman–Crippen LogP) is 2.88. The van der Waals surface area contributed by atoms with Gasteiger partial charge in [0.2, 0.25) is 15.9 Å². The van der Waals surface area contributed by atoms with Crippen molar-refractivity contribution in [3.05, 3.63) is 54.1 Å². The molecule has 3 rings (SSSR count). The molecule has 2 aromatic carbocycles. The molecule has 1 amide bonds. The third-order valence-electron chi connectivity index (χ3n) is 3.88. The molecule has 8 heteroatoms. The second-order valence-electron chi connectivity index (χ2n) is 6.28. The number of hydrogen-bond donors (Lipinski definition) is 2. The summed E-state index contributed by atoms with van der Waals surface area (Å²) in [6.45, 7) is 1.25. The van der Waals surface area contributed by atoms with Gasteiger partial charge in [-0.15, -0.1) is 0 Å². The second kappa shape index (κ2) is 7.59. The van der Waals surface area contributed by atoms with Gasteiger partial charge in [0.05, 0.1) is 6.26 Å². The van der Waals surface area contributed by atoms with Crippen LogP contribution in [-0.4, -0.2) is 37.3 Å². The number of amides is 1. The van der Waals surface area contributed by atoms with Gasteiger partial charge >= 0.3 is 0 Å². The zero-order chi connectivity index (χ0) is 18.7. The van der Waals surface area contributed by atoms with Crippen LogP contribution in [0.25, 0.3) is 0 Å². The summed E-state index contributed by atoms with van der Waals surface area (Å²) < 4.78 is 30.6. The molecule has 1 saturated heterocycles. The maximum Gasteiger partial charge on any atom is 0.229 e. The van der Waals surface area contributed by atoms with Crippen molar-refractivity contribution < 1.29 is 17.9 Å². The highest BCUT2D eigenvalue weighted by Gasteiger charge is 2.26. The Hall–Kier alpha value is -2.19. The predicted molar refractivity (Wildman–Crippen MR) is 104 cm³/mol. The lowest BCUT2D eigenvalue weighted by Gasteiger charge is -2.16. The highest BCUT2D eigenvalue weighted by Crippen LogP contribution is 2.25. The number of ether oxygens (including phenoxy) is 1. The molecule has 2 aromatic rings. The van der Waals surface area contributed by atoms with Crippen molar-refractivity contribution in [1.29, 1.82) is 0 Å². The van der Waals surface area contributed by atoms with Crippen LogP contribution in [-0.2, 0) is 21.4 Å². The van der Waals surface area contributed by atoms with Gasteiger partial charge in [0, 0.05) is 30.4 Å². The number of hydrogen-bond acceptors (Lipinski definition) is 5. The molecule has 0 spiro atoms. The molecule has 26 heavy (non-hydrogen) atoms.